The van der Waals surface area contributed by atoms with Gasteiger partial charge in [0.15, 0.2) is 0 Å². The molecule has 0 aliphatic heterocycles. The summed E-state index contributed by atoms with van der Waals surface area (Å²) in [6.45, 7) is 1.27. The third-order valence-corrected chi connectivity index (χ3v) is 0.936. The van der Waals surface area contributed by atoms with Gasteiger partial charge in [0.2, 0.25) is 6.41 Å². The van der Waals surface area contributed by atoms with Gasteiger partial charge in [-0.2, -0.15) is 0 Å². The van der Waals surface area contributed by atoms with Gasteiger partial charge in [-0.3, -0.25) is 14.3 Å². The minimum atomic E-state index is 0.499. The van der Waals surface area contributed by atoms with Gasteiger partial charge in [-0.15, -0.1) is 0 Å². The zero-order chi connectivity index (χ0) is 7.11. The lowest BCUT2D eigenvalue weighted by atomic mass is 10.7. The van der Waals surface area contributed by atoms with Crippen LogP contribution in [0.1, 0.15) is 0 Å². The minimum Gasteiger partial charge on any atom is -0.288 e. The van der Waals surface area contributed by atoms with Crippen molar-refractivity contribution in [3.8, 4) is 0 Å². The van der Waals surface area contributed by atoms with Crippen molar-refractivity contribution in [2.45, 2.75) is 0 Å². The highest BCUT2D eigenvalue weighted by Crippen LogP contribution is 1.88. The molecule has 9 heavy (non-hydrogen) atoms. The Morgan fingerprint density at radius 1 is 1.89 bits per heavy atom. The van der Waals surface area contributed by atoms with Gasteiger partial charge in [-0.25, -0.2) is 5.48 Å². The molecular formula is C4H11N2O2P. The molecular weight excluding hydrogens is 139 g/mol. The molecule has 1 amide bonds. The number of nitrogens with zero attached hydrogens (tertiary/aromatic N) is 1. The lowest BCUT2D eigenvalue weighted by Gasteiger charge is -2.07. The standard InChI is InChI=1S/C4H11N2O2P/c1-6(9)2-3-8-5-4-7/h4H,2-3,9H2,1H3,(H,5,7). The van der Waals surface area contributed by atoms with Crippen LogP contribution in [0.2, 0.25) is 0 Å². The summed E-state index contributed by atoms with van der Waals surface area (Å²) in [5.74, 6) is 0. The van der Waals surface area contributed by atoms with Crippen LogP contribution in [-0.4, -0.2) is 31.3 Å². The number of carbonyl (C=O) groups excluding carboxylic acids is 1. The number of carbonyl (C=O) groups is 1. The molecule has 0 bridgehead atoms. The largest absolute Gasteiger partial charge is 0.288 e. The second-order valence-corrected chi connectivity index (χ2v) is 2.45. The first-order valence-electron chi connectivity index (χ1n) is 2.54. The number of nitrogens with one attached hydrogen (secondary N) is 1. The molecule has 0 aliphatic carbocycles. The van der Waals surface area contributed by atoms with Crippen LogP contribution < -0.4 is 5.48 Å². The average molecular weight is 150 g/mol. The van der Waals surface area contributed by atoms with E-state index in [4.69, 9.17) is 0 Å². The molecule has 1 atom stereocenters. The summed E-state index contributed by atoms with van der Waals surface area (Å²) < 4.78 is 1.88. The fraction of sp³-hybridized carbons (Fsp3) is 0.750. The van der Waals surface area contributed by atoms with Crippen LogP contribution in [0.4, 0.5) is 0 Å². The summed E-state index contributed by atoms with van der Waals surface area (Å²) >= 11 is 0. The molecule has 5 heteroatoms. The number of amides is 1. The van der Waals surface area contributed by atoms with Crippen molar-refractivity contribution in [2.75, 3.05) is 20.2 Å². The van der Waals surface area contributed by atoms with Crippen LogP contribution in [-0.2, 0) is 9.63 Å². The Labute approximate surface area is 56.8 Å². The topological polar surface area (TPSA) is 41.6 Å². The second kappa shape index (κ2) is 5.95. The van der Waals surface area contributed by atoms with E-state index in [0.29, 0.717) is 13.0 Å². The molecule has 0 fully saturated rings. The summed E-state index contributed by atoms with van der Waals surface area (Å²) in [4.78, 5) is 14.2. The third-order valence-electron chi connectivity index (χ3n) is 0.678. The molecule has 0 heterocycles. The van der Waals surface area contributed by atoms with Crippen molar-refractivity contribution in [1.29, 1.82) is 0 Å². The Kier molecular flexibility index (Phi) is 5.83. The van der Waals surface area contributed by atoms with Crippen molar-refractivity contribution in [1.82, 2.24) is 10.2 Å². The summed E-state index contributed by atoms with van der Waals surface area (Å²) in [7, 11) is 4.38. The van der Waals surface area contributed by atoms with Crippen molar-refractivity contribution < 1.29 is 9.63 Å². The molecule has 1 N–H and O–H groups in total. The van der Waals surface area contributed by atoms with E-state index in [1.807, 2.05) is 11.7 Å². The number of likely N-dealkylation sites (N-methyl/N-ethyl adjacent to an activating group) is 1. The van der Waals surface area contributed by atoms with Crippen molar-refractivity contribution >= 4 is 15.8 Å². The fourth-order valence-electron chi connectivity index (χ4n) is 0.283. The maximum atomic E-state index is 9.59. The molecule has 0 rings (SSSR count). The van der Waals surface area contributed by atoms with Gasteiger partial charge in [-0.1, -0.05) is 9.39 Å². The maximum absolute atomic E-state index is 9.59. The zero-order valence-corrected chi connectivity index (χ0v) is 6.49. The van der Waals surface area contributed by atoms with Crippen LogP contribution in [0.5, 0.6) is 0 Å². The van der Waals surface area contributed by atoms with Crippen LogP contribution in [0.3, 0.4) is 0 Å². The normalized spacial score (nSPS) is 9.67. The monoisotopic (exact) mass is 150 g/mol. The predicted octanol–water partition coefficient (Wildman–Crippen LogP) is -0.614. The van der Waals surface area contributed by atoms with Crippen LogP contribution in [0.15, 0.2) is 0 Å². The SMILES string of the molecule is CN(P)CCONC=O. The van der Waals surface area contributed by atoms with Crippen LogP contribution in [0, 0.1) is 0 Å². The molecule has 0 aromatic carbocycles. The molecule has 0 saturated carbocycles. The predicted molar refractivity (Wildman–Crippen MR) is 37.5 cm³/mol. The molecule has 0 spiro atoms. The molecule has 0 aliphatic rings. The third kappa shape index (κ3) is 7.82. The van der Waals surface area contributed by atoms with Crippen molar-refractivity contribution in [3.05, 3.63) is 0 Å². The quantitative estimate of drug-likeness (QED) is 0.246. The number of hydrogen-bond donors (Lipinski definition) is 1. The first-order chi connectivity index (χ1) is 4.27. The average Bonchev–Trinajstić information content (AvgIpc) is 1.80. The lowest BCUT2D eigenvalue weighted by molar-refractivity contribution is -0.120. The van der Waals surface area contributed by atoms with Gasteiger partial charge in [0.1, 0.15) is 0 Å². The number of hydrogen-bond acceptors (Lipinski definition) is 3. The Bertz CT molecular complexity index is 79.0. The van der Waals surface area contributed by atoms with E-state index in [1.54, 1.807) is 0 Å². The van der Waals surface area contributed by atoms with E-state index in [1.165, 1.54) is 0 Å². The van der Waals surface area contributed by atoms with Crippen LogP contribution in [0.25, 0.3) is 0 Å². The van der Waals surface area contributed by atoms with E-state index in [0.717, 1.165) is 6.54 Å². The first kappa shape index (κ1) is 8.82. The summed E-state index contributed by atoms with van der Waals surface area (Å²) in [5, 5.41) is 0. The zero-order valence-electron chi connectivity index (χ0n) is 5.33. The smallest absolute Gasteiger partial charge is 0.230 e. The Hall–Kier alpha value is -0.180. The molecule has 4 nitrogen and oxygen atoms in total. The number of hydroxylamine groups is 1. The van der Waals surface area contributed by atoms with E-state index < -0.39 is 0 Å². The molecule has 0 aromatic rings. The maximum Gasteiger partial charge on any atom is 0.230 e. The minimum absolute atomic E-state index is 0.499. The van der Waals surface area contributed by atoms with Gasteiger partial charge in [0.05, 0.1) is 6.61 Å². The highest BCUT2D eigenvalue weighted by Gasteiger charge is 1.87. The molecule has 0 radical (unpaired) electrons. The van der Waals surface area contributed by atoms with E-state index in [2.05, 4.69) is 19.7 Å². The number of rotatable bonds is 5. The van der Waals surface area contributed by atoms with Gasteiger partial charge in [0.25, 0.3) is 0 Å². The summed E-state index contributed by atoms with van der Waals surface area (Å²) in [5.41, 5.74) is 2.09. The lowest BCUT2D eigenvalue weighted by Crippen LogP contribution is -2.19. The highest BCUT2D eigenvalue weighted by molar-refractivity contribution is 7.13. The van der Waals surface area contributed by atoms with Gasteiger partial charge in [-0.05, 0) is 7.05 Å². The molecule has 1 unspecified atom stereocenters. The van der Waals surface area contributed by atoms with Gasteiger partial charge >= 0.3 is 0 Å². The Morgan fingerprint density at radius 2 is 2.56 bits per heavy atom. The van der Waals surface area contributed by atoms with Gasteiger partial charge < -0.3 is 0 Å². The second-order valence-electron chi connectivity index (χ2n) is 1.56. The van der Waals surface area contributed by atoms with E-state index >= 15 is 0 Å². The van der Waals surface area contributed by atoms with E-state index in [-0.39, 0.29) is 0 Å². The molecule has 0 saturated heterocycles. The fourth-order valence-corrected chi connectivity index (χ4v) is 0.388. The van der Waals surface area contributed by atoms with E-state index in [9.17, 15) is 4.79 Å². The van der Waals surface area contributed by atoms with Crippen molar-refractivity contribution in [3.63, 3.8) is 0 Å². The Balaban J connectivity index is 2.82. The Morgan fingerprint density at radius 3 is 3.00 bits per heavy atom. The molecule has 0 aromatic heterocycles. The first-order valence-corrected chi connectivity index (χ1v) is 3.06. The van der Waals surface area contributed by atoms with Crippen LogP contribution >= 0.6 is 9.39 Å². The molecule has 54 valence electrons. The highest BCUT2D eigenvalue weighted by atomic mass is 31.0. The van der Waals surface area contributed by atoms with Crippen molar-refractivity contribution in [2.24, 2.45) is 0 Å². The summed E-state index contributed by atoms with van der Waals surface area (Å²) in [6, 6.07) is 0. The summed E-state index contributed by atoms with van der Waals surface area (Å²) in [6.07, 6.45) is 0.503. The van der Waals surface area contributed by atoms with Gasteiger partial charge in [0, 0.05) is 6.54 Å².